The Morgan fingerprint density at radius 2 is 2.25 bits per heavy atom. The highest BCUT2D eigenvalue weighted by Crippen LogP contribution is 2.36. The molecule has 0 bridgehead atoms. The molecule has 3 N–H and O–H groups in total. The smallest absolute Gasteiger partial charge is 0.227 e. The molecule has 1 aromatic rings. The molecule has 0 saturated carbocycles. The van der Waals surface area contributed by atoms with Gasteiger partial charge in [-0.25, -0.2) is 0 Å². The van der Waals surface area contributed by atoms with Crippen molar-refractivity contribution >= 4 is 40.4 Å². The van der Waals surface area contributed by atoms with E-state index >= 15 is 0 Å². The van der Waals surface area contributed by atoms with Crippen LogP contribution in [0.4, 0.5) is 5.69 Å². The van der Waals surface area contributed by atoms with Crippen molar-refractivity contribution in [1.29, 1.82) is 0 Å². The van der Waals surface area contributed by atoms with E-state index in [9.17, 15) is 4.79 Å². The number of amides is 1. The van der Waals surface area contributed by atoms with Gasteiger partial charge in [0.1, 0.15) is 4.99 Å². The fraction of sp³-hybridized carbons (Fsp3) is 0.429. The molecule has 4 nitrogen and oxygen atoms in total. The molecule has 1 aromatic carbocycles. The third kappa shape index (κ3) is 2.60. The van der Waals surface area contributed by atoms with Gasteiger partial charge >= 0.3 is 0 Å². The lowest BCUT2D eigenvalue weighted by molar-refractivity contribution is -0.128. The van der Waals surface area contributed by atoms with Crippen molar-refractivity contribution in [3.63, 3.8) is 0 Å². The number of hydrogen-bond donors (Lipinski definition) is 2. The highest BCUT2D eigenvalue weighted by atomic mass is 35.5. The van der Waals surface area contributed by atoms with Crippen LogP contribution in [0.1, 0.15) is 18.9 Å². The average Bonchev–Trinajstić information content (AvgIpc) is 2.81. The van der Waals surface area contributed by atoms with Crippen molar-refractivity contribution in [2.24, 2.45) is 11.1 Å². The molecule has 0 spiro atoms. The quantitative estimate of drug-likeness (QED) is 0.838. The second kappa shape index (κ2) is 5.58. The van der Waals surface area contributed by atoms with Crippen molar-refractivity contribution in [2.45, 2.75) is 13.3 Å². The number of hydrogen-bond acceptors (Lipinski definition) is 3. The van der Waals surface area contributed by atoms with Crippen LogP contribution in [0.25, 0.3) is 0 Å². The van der Waals surface area contributed by atoms with Crippen LogP contribution in [-0.2, 0) is 4.79 Å². The van der Waals surface area contributed by atoms with Crippen LogP contribution in [0.2, 0.25) is 5.02 Å². The lowest BCUT2D eigenvalue weighted by Crippen LogP contribution is -2.39. The number of rotatable bonds is 3. The molecule has 0 radical (unpaired) electrons. The van der Waals surface area contributed by atoms with Gasteiger partial charge in [-0.15, -0.1) is 0 Å². The molecule has 1 amide bonds. The zero-order valence-electron chi connectivity index (χ0n) is 11.6. The highest BCUT2D eigenvalue weighted by Gasteiger charge is 2.40. The fourth-order valence-electron chi connectivity index (χ4n) is 2.67. The van der Waals surface area contributed by atoms with E-state index < -0.39 is 5.41 Å². The molecular formula is C14H18ClN3OS. The molecule has 2 rings (SSSR count). The summed E-state index contributed by atoms with van der Waals surface area (Å²) in [4.78, 5) is 14.4. The summed E-state index contributed by atoms with van der Waals surface area (Å²) in [7, 11) is 1.66. The number of benzene rings is 1. The van der Waals surface area contributed by atoms with E-state index in [-0.39, 0.29) is 10.9 Å². The second-order valence-electron chi connectivity index (χ2n) is 5.31. The fourth-order valence-corrected chi connectivity index (χ4v) is 3.22. The number of carbonyl (C=O) groups excluding carboxylic acids is 1. The predicted molar refractivity (Wildman–Crippen MR) is 86.3 cm³/mol. The third-order valence-corrected chi connectivity index (χ3v) is 4.35. The zero-order valence-corrected chi connectivity index (χ0v) is 13.1. The first-order valence-corrected chi connectivity index (χ1v) is 7.23. The van der Waals surface area contributed by atoms with E-state index in [4.69, 9.17) is 29.6 Å². The minimum Gasteiger partial charge on any atom is -0.389 e. The standard InChI is InChI=1S/C14H18ClN3OS/c1-14(13(19)17-2)6-7-18(8-14)10-5-3-4-9(15)11(10)12(16)20/h3-5H,6-8H2,1-2H3,(H2,16,20)(H,17,19). The van der Waals surface area contributed by atoms with Crippen molar-refractivity contribution in [1.82, 2.24) is 5.32 Å². The summed E-state index contributed by atoms with van der Waals surface area (Å²) in [6, 6.07) is 5.58. The van der Waals surface area contributed by atoms with E-state index in [1.54, 1.807) is 13.1 Å². The van der Waals surface area contributed by atoms with Gasteiger partial charge in [-0.3, -0.25) is 4.79 Å². The largest absolute Gasteiger partial charge is 0.389 e. The molecule has 0 aromatic heterocycles. The van der Waals surface area contributed by atoms with Gasteiger partial charge < -0.3 is 16.0 Å². The van der Waals surface area contributed by atoms with Crippen LogP contribution in [-0.4, -0.2) is 31.0 Å². The maximum absolute atomic E-state index is 12.0. The SMILES string of the molecule is CNC(=O)C1(C)CCN(c2cccc(Cl)c2C(N)=S)C1. The molecule has 1 atom stereocenters. The topological polar surface area (TPSA) is 58.4 Å². The first-order valence-electron chi connectivity index (χ1n) is 6.44. The Kier molecular flexibility index (Phi) is 4.20. The Bertz CT molecular complexity index is 563. The van der Waals surface area contributed by atoms with E-state index in [0.29, 0.717) is 17.1 Å². The van der Waals surface area contributed by atoms with E-state index in [2.05, 4.69) is 10.2 Å². The number of thiocarbonyl (C=S) groups is 1. The van der Waals surface area contributed by atoms with Crippen molar-refractivity contribution < 1.29 is 4.79 Å². The molecule has 1 aliphatic rings. The molecule has 0 aliphatic carbocycles. The summed E-state index contributed by atoms with van der Waals surface area (Å²) in [6.45, 7) is 3.37. The van der Waals surface area contributed by atoms with Crippen LogP contribution in [0.15, 0.2) is 18.2 Å². The predicted octanol–water partition coefficient (Wildman–Crippen LogP) is 1.94. The van der Waals surface area contributed by atoms with Crippen molar-refractivity contribution in [3.8, 4) is 0 Å². The van der Waals surface area contributed by atoms with E-state index in [1.165, 1.54) is 0 Å². The first kappa shape index (κ1) is 15.1. The molecular weight excluding hydrogens is 294 g/mol. The van der Waals surface area contributed by atoms with Gasteiger partial charge in [-0.05, 0) is 25.5 Å². The van der Waals surface area contributed by atoms with Gasteiger partial charge in [0.25, 0.3) is 0 Å². The van der Waals surface area contributed by atoms with Crippen LogP contribution in [0, 0.1) is 5.41 Å². The Labute approximate surface area is 129 Å². The molecule has 1 heterocycles. The lowest BCUT2D eigenvalue weighted by atomic mass is 9.89. The summed E-state index contributed by atoms with van der Waals surface area (Å²) in [6.07, 6.45) is 0.788. The summed E-state index contributed by atoms with van der Waals surface area (Å²) in [5.74, 6) is 0.0545. The average molecular weight is 312 g/mol. The number of nitrogens with zero attached hydrogens (tertiary/aromatic N) is 1. The van der Waals surface area contributed by atoms with Crippen LogP contribution < -0.4 is 16.0 Å². The summed E-state index contributed by atoms with van der Waals surface area (Å²) < 4.78 is 0. The molecule has 108 valence electrons. The summed E-state index contributed by atoms with van der Waals surface area (Å²) in [5.41, 5.74) is 6.97. The Morgan fingerprint density at radius 3 is 2.85 bits per heavy atom. The Morgan fingerprint density at radius 1 is 1.55 bits per heavy atom. The summed E-state index contributed by atoms with van der Waals surface area (Å²) >= 11 is 11.3. The number of anilines is 1. The minimum atomic E-state index is -0.398. The maximum Gasteiger partial charge on any atom is 0.227 e. The van der Waals surface area contributed by atoms with Gasteiger partial charge in [-0.2, -0.15) is 0 Å². The van der Waals surface area contributed by atoms with Gasteiger partial charge in [0.05, 0.1) is 16.0 Å². The molecule has 1 fully saturated rings. The summed E-state index contributed by atoms with van der Waals surface area (Å²) in [5, 5.41) is 3.27. The van der Waals surface area contributed by atoms with Gasteiger partial charge in [0.15, 0.2) is 0 Å². The monoisotopic (exact) mass is 311 g/mol. The highest BCUT2D eigenvalue weighted by molar-refractivity contribution is 7.80. The third-order valence-electron chi connectivity index (χ3n) is 3.83. The van der Waals surface area contributed by atoms with Crippen molar-refractivity contribution in [2.75, 3.05) is 25.0 Å². The molecule has 20 heavy (non-hydrogen) atoms. The maximum atomic E-state index is 12.0. The lowest BCUT2D eigenvalue weighted by Gasteiger charge is -2.25. The molecule has 6 heteroatoms. The van der Waals surface area contributed by atoms with E-state index in [1.807, 2.05) is 19.1 Å². The zero-order chi connectivity index (χ0) is 14.9. The Hall–Kier alpha value is -1.33. The van der Waals surface area contributed by atoms with Crippen molar-refractivity contribution in [3.05, 3.63) is 28.8 Å². The normalized spacial score (nSPS) is 21.9. The van der Waals surface area contributed by atoms with Crippen LogP contribution in [0.5, 0.6) is 0 Å². The van der Waals surface area contributed by atoms with Crippen LogP contribution in [0.3, 0.4) is 0 Å². The number of nitrogens with two attached hydrogens (primary N) is 1. The second-order valence-corrected chi connectivity index (χ2v) is 6.16. The Balaban J connectivity index is 2.34. The van der Waals surface area contributed by atoms with Gasteiger partial charge in [-0.1, -0.05) is 29.9 Å². The van der Waals surface area contributed by atoms with Gasteiger partial charge in [0, 0.05) is 25.8 Å². The van der Waals surface area contributed by atoms with Crippen LogP contribution >= 0.6 is 23.8 Å². The molecule has 1 aliphatic heterocycles. The van der Waals surface area contributed by atoms with Gasteiger partial charge in [0.2, 0.25) is 5.91 Å². The number of carbonyl (C=O) groups is 1. The van der Waals surface area contributed by atoms with E-state index in [0.717, 1.165) is 18.7 Å². The number of halogens is 1. The first-order chi connectivity index (χ1) is 9.39. The number of nitrogens with one attached hydrogen (secondary N) is 1. The minimum absolute atomic E-state index is 0.0545. The molecule has 1 saturated heterocycles. The molecule has 1 unspecified atom stereocenters.